The van der Waals surface area contributed by atoms with Crippen molar-refractivity contribution in [2.45, 2.75) is 18.9 Å². The molecule has 0 saturated carbocycles. The van der Waals surface area contributed by atoms with Crippen LogP contribution in [0.1, 0.15) is 12.8 Å². The van der Waals surface area contributed by atoms with Gasteiger partial charge in [-0.2, -0.15) is 11.8 Å². The Morgan fingerprint density at radius 1 is 1.73 bits per heavy atom. The van der Waals surface area contributed by atoms with Crippen LogP contribution in [0.5, 0.6) is 0 Å². The van der Waals surface area contributed by atoms with E-state index in [1.54, 1.807) is 0 Å². The molecule has 0 aromatic carbocycles. The highest BCUT2D eigenvalue weighted by molar-refractivity contribution is 7.99. The predicted molar refractivity (Wildman–Crippen MR) is 46.0 cm³/mol. The Morgan fingerprint density at radius 3 is 3.09 bits per heavy atom. The van der Waals surface area contributed by atoms with Crippen molar-refractivity contribution in [1.82, 2.24) is 5.32 Å². The van der Waals surface area contributed by atoms with Gasteiger partial charge in [0.2, 0.25) is 0 Å². The smallest absolute Gasteiger partial charge is 0.303 e. The molecule has 1 aliphatic rings. The van der Waals surface area contributed by atoms with Crippen LogP contribution in [0.15, 0.2) is 0 Å². The monoisotopic (exact) mass is 175 g/mol. The number of carboxylic acid groups (broad SMARTS) is 1. The molecule has 0 amide bonds. The highest BCUT2D eigenvalue weighted by atomic mass is 32.2. The second-order valence-corrected chi connectivity index (χ2v) is 3.81. The number of hydrogen-bond acceptors (Lipinski definition) is 3. The molecule has 0 aromatic rings. The maximum Gasteiger partial charge on any atom is 0.303 e. The molecule has 11 heavy (non-hydrogen) atoms. The minimum atomic E-state index is -0.692. The molecule has 1 atom stereocenters. The molecule has 3 nitrogen and oxygen atoms in total. The fourth-order valence-electron chi connectivity index (χ4n) is 1.10. The molecular formula is C7H13NO2S. The van der Waals surface area contributed by atoms with Crippen LogP contribution in [0.4, 0.5) is 0 Å². The van der Waals surface area contributed by atoms with Crippen LogP contribution in [-0.2, 0) is 4.79 Å². The molecule has 1 heterocycles. The highest BCUT2D eigenvalue weighted by Gasteiger charge is 2.13. The van der Waals surface area contributed by atoms with Gasteiger partial charge in [0.05, 0.1) is 0 Å². The zero-order valence-corrected chi connectivity index (χ0v) is 7.19. The standard InChI is InChI=1S/C7H13NO2S/c9-7(10)2-1-6-5-11-4-3-8-6/h6,8H,1-5H2,(H,9,10). The van der Waals surface area contributed by atoms with Crippen molar-refractivity contribution in [2.75, 3.05) is 18.1 Å². The Hall–Kier alpha value is -0.220. The van der Waals surface area contributed by atoms with E-state index in [9.17, 15) is 4.79 Å². The minimum absolute atomic E-state index is 0.290. The van der Waals surface area contributed by atoms with Crippen LogP contribution in [0.2, 0.25) is 0 Å². The van der Waals surface area contributed by atoms with E-state index in [0.29, 0.717) is 6.04 Å². The molecule has 1 unspecified atom stereocenters. The summed E-state index contributed by atoms with van der Waals surface area (Å²) in [5.41, 5.74) is 0. The van der Waals surface area contributed by atoms with Crippen LogP contribution in [-0.4, -0.2) is 35.2 Å². The maximum atomic E-state index is 10.2. The molecule has 0 radical (unpaired) electrons. The van der Waals surface area contributed by atoms with Crippen molar-refractivity contribution >= 4 is 17.7 Å². The van der Waals surface area contributed by atoms with Crippen molar-refractivity contribution in [3.8, 4) is 0 Å². The first-order valence-corrected chi connectivity index (χ1v) is 4.97. The van der Waals surface area contributed by atoms with Gasteiger partial charge < -0.3 is 10.4 Å². The summed E-state index contributed by atoms with van der Waals surface area (Å²) in [6.07, 6.45) is 1.06. The van der Waals surface area contributed by atoms with Crippen LogP contribution in [0.25, 0.3) is 0 Å². The number of rotatable bonds is 3. The molecule has 0 spiro atoms. The zero-order valence-electron chi connectivity index (χ0n) is 6.38. The number of nitrogens with one attached hydrogen (secondary N) is 1. The third kappa shape index (κ3) is 3.62. The number of carboxylic acids is 1. The molecule has 0 aromatic heterocycles. The van der Waals surface area contributed by atoms with Crippen molar-refractivity contribution < 1.29 is 9.90 Å². The third-order valence-corrected chi connectivity index (χ3v) is 2.84. The Labute approximate surface area is 70.6 Å². The largest absolute Gasteiger partial charge is 0.481 e. The molecule has 4 heteroatoms. The summed E-state index contributed by atoms with van der Waals surface area (Å²) < 4.78 is 0. The van der Waals surface area contributed by atoms with Crippen molar-refractivity contribution in [2.24, 2.45) is 0 Å². The van der Waals surface area contributed by atoms with Gasteiger partial charge in [0, 0.05) is 30.5 Å². The van der Waals surface area contributed by atoms with Gasteiger partial charge in [-0.05, 0) is 6.42 Å². The Morgan fingerprint density at radius 2 is 2.55 bits per heavy atom. The van der Waals surface area contributed by atoms with Crippen LogP contribution >= 0.6 is 11.8 Å². The van der Waals surface area contributed by atoms with E-state index in [1.807, 2.05) is 11.8 Å². The SMILES string of the molecule is O=C(O)CCC1CSCCN1. The van der Waals surface area contributed by atoms with Gasteiger partial charge in [0.15, 0.2) is 0 Å². The average Bonchev–Trinajstić information content (AvgIpc) is 2.03. The van der Waals surface area contributed by atoms with Gasteiger partial charge in [0.1, 0.15) is 0 Å². The second kappa shape index (κ2) is 4.62. The summed E-state index contributed by atoms with van der Waals surface area (Å²) in [4.78, 5) is 10.2. The van der Waals surface area contributed by atoms with E-state index in [0.717, 1.165) is 24.5 Å². The summed E-state index contributed by atoms with van der Waals surface area (Å²) in [5, 5.41) is 11.7. The normalized spacial score (nSPS) is 24.9. The summed E-state index contributed by atoms with van der Waals surface area (Å²) in [7, 11) is 0. The molecule has 1 aliphatic heterocycles. The van der Waals surface area contributed by atoms with Crippen LogP contribution in [0.3, 0.4) is 0 Å². The maximum absolute atomic E-state index is 10.2. The van der Waals surface area contributed by atoms with E-state index >= 15 is 0 Å². The van der Waals surface area contributed by atoms with Crippen molar-refractivity contribution in [3.63, 3.8) is 0 Å². The quantitative estimate of drug-likeness (QED) is 0.658. The molecular weight excluding hydrogens is 162 g/mol. The first-order chi connectivity index (χ1) is 5.29. The van der Waals surface area contributed by atoms with Gasteiger partial charge in [-0.1, -0.05) is 0 Å². The summed E-state index contributed by atoms with van der Waals surface area (Å²) in [6.45, 7) is 1.02. The molecule has 64 valence electrons. The first kappa shape index (κ1) is 8.87. The van der Waals surface area contributed by atoms with Crippen LogP contribution < -0.4 is 5.32 Å². The highest BCUT2D eigenvalue weighted by Crippen LogP contribution is 2.11. The van der Waals surface area contributed by atoms with Gasteiger partial charge in [-0.3, -0.25) is 4.79 Å². The lowest BCUT2D eigenvalue weighted by atomic mass is 10.2. The van der Waals surface area contributed by atoms with E-state index in [-0.39, 0.29) is 6.42 Å². The fraction of sp³-hybridized carbons (Fsp3) is 0.857. The Kier molecular flexibility index (Phi) is 3.72. The second-order valence-electron chi connectivity index (χ2n) is 2.66. The number of aliphatic carboxylic acids is 1. The fourth-order valence-corrected chi connectivity index (χ4v) is 2.10. The zero-order chi connectivity index (χ0) is 8.10. The topological polar surface area (TPSA) is 49.3 Å². The van der Waals surface area contributed by atoms with Crippen molar-refractivity contribution in [3.05, 3.63) is 0 Å². The molecule has 0 aliphatic carbocycles. The number of thioether (sulfide) groups is 1. The van der Waals surface area contributed by atoms with Gasteiger partial charge >= 0.3 is 5.97 Å². The lowest BCUT2D eigenvalue weighted by Crippen LogP contribution is -2.37. The van der Waals surface area contributed by atoms with Gasteiger partial charge in [0.25, 0.3) is 0 Å². The first-order valence-electron chi connectivity index (χ1n) is 3.82. The number of hydrogen-bond donors (Lipinski definition) is 2. The Balaban J connectivity index is 2.09. The summed E-state index contributed by atoms with van der Waals surface area (Å²) >= 11 is 1.90. The van der Waals surface area contributed by atoms with Gasteiger partial charge in [-0.25, -0.2) is 0 Å². The van der Waals surface area contributed by atoms with Crippen molar-refractivity contribution in [1.29, 1.82) is 0 Å². The minimum Gasteiger partial charge on any atom is -0.481 e. The molecule has 0 bridgehead atoms. The number of carbonyl (C=O) groups is 1. The average molecular weight is 175 g/mol. The molecule has 1 fully saturated rings. The van der Waals surface area contributed by atoms with E-state index < -0.39 is 5.97 Å². The summed E-state index contributed by atoms with van der Waals surface area (Å²) in [6, 6.07) is 0.421. The molecule has 1 saturated heterocycles. The van der Waals surface area contributed by atoms with E-state index in [4.69, 9.17) is 5.11 Å². The van der Waals surface area contributed by atoms with E-state index in [1.165, 1.54) is 0 Å². The third-order valence-electron chi connectivity index (χ3n) is 1.71. The van der Waals surface area contributed by atoms with Gasteiger partial charge in [-0.15, -0.1) is 0 Å². The lowest BCUT2D eigenvalue weighted by molar-refractivity contribution is -0.137. The van der Waals surface area contributed by atoms with Crippen LogP contribution in [0, 0.1) is 0 Å². The predicted octanol–water partition coefficient (Wildman–Crippen LogP) is 0.556. The Bertz CT molecular complexity index is 134. The molecule has 2 N–H and O–H groups in total. The lowest BCUT2D eigenvalue weighted by Gasteiger charge is -2.22. The van der Waals surface area contributed by atoms with E-state index in [2.05, 4.69) is 5.32 Å². The molecule has 1 rings (SSSR count). The summed E-state index contributed by atoms with van der Waals surface area (Å²) in [5.74, 6) is 1.53.